The maximum atomic E-state index is 3.73. The van der Waals surface area contributed by atoms with E-state index in [0.29, 0.717) is 12.1 Å². The molecule has 2 nitrogen and oxygen atoms in total. The molecular weight excluding hydrogens is 264 g/mol. The summed E-state index contributed by atoms with van der Waals surface area (Å²) in [7, 11) is 0. The third-order valence-electron chi connectivity index (χ3n) is 3.76. The van der Waals surface area contributed by atoms with Crippen molar-refractivity contribution in [1.82, 2.24) is 10.2 Å². The molecule has 112 valence electrons. The van der Waals surface area contributed by atoms with Gasteiger partial charge in [0.05, 0.1) is 0 Å². The molecule has 0 spiro atoms. The van der Waals surface area contributed by atoms with E-state index in [4.69, 9.17) is 0 Å². The molecule has 1 atom stereocenters. The number of nitrogens with zero attached hydrogens (tertiary/aromatic N) is 1. The van der Waals surface area contributed by atoms with E-state index in [2.05, 4.69) is 54.4 Å². The molecule has 0 saturated carbocycles. The zero-order valence-electron chi connectivity index (χ0n) is 12.8. The van der Waals surface area contributed by atoms with Gasteiger partial charge in [0.2, 0.25) is 0 Å². The molecule has 0 amide bonds. The third-order valence-corrected chi connectivity index (χ3v) is 4.93. The molecule has 1 aliphatic heterocycles. The Bertz CT molecular complexity index is 361. The Kier molecular flexibility index (Phi) is 6.91. The first-order chi connectivity index (χ1) is 9.74. The maximum Gasteiger partial charge on any atom is 0.0176 e. The molecule has 0 radical (unpaired) electrons. The monoisotopic (exact) mass is 292 g/mol. The first-order valence-corrected chi connectivity index (χ1v) is 8.89. The van der Waals surface area contributed by atoms with Crippen molar-refractivity contribution in [3.8, 4) is 0 Å². The van der Waals surface area contributed by atoms with Crippen molar-refractivity contribution < 1.29 is 0 Å². The molecule has 0 aromatic heterocycles. The number of hydrogen-bond donors (Lipinski definition) is 1. The zero-order chi connectivity index (χ0) is 14.2. The van der Waals surface area contributed by atoms with Crippen LogP contribution >= 0.6 is 11.8 Å². The molecule has 0 bridgehead atoms. The molecule has 2 rings (SSSR count). The van der Waals surface area contributed by atoms with E-state index >= 15 is 0 Å². The predicted octanol–water partition coefficient (Wildman–Crippen LogP) is 3.63. The van der Waals surface area contributed by atoms with Gasteiger partial charge in [-0.3, -0.25) is 0 Å². The van der Waals surface area contributed by atoms with Gasteiger partial charge in [-0.2, -0.15) is 0 Å². The van der Waals surface area contributed by atoms with Gasteiger partial charge in [-0.25, -0.2) is 0 Å². The second-order valence-electron chi connectivity index (χ2n) is 5.98. The second kappa shape index (κ2) is 8.71. The fourth-order valence-corrected chi connectivity index (χ4v) is 3.75. The van der Waals surface area contributed by atoms with E-state index in [-0.39, 0.29) is 0 Å². The number of nitrogens with one attached hydrogen (secondary N) is 1. The Balaban J connectivity index is 1.76. The first-order valence-electron chi connectivity index (χ1n) is 7.90. The van der Waals surface area contributed by atoms with Gasteiger partial charge in [-0.1, -0.05) is 32.0 Å². The van der Waals surface area contributed by atoms with Crippen LogP contribution in [0.25, 0.3) is 0 Å². The van der Waals surface area contributed by atoms with Crippen LogP contribution in [0.5, 0.6) is 0 Å². The highest BCUT2D eigenvalue weighted by atomic mass is 32.2. The fraction of sp³-hybridized carbons (Fsp3) is 0.647. The van der Waals surface area contributed by atoms with Crippen LogP contribution in [0, 0.1) is 0 Å². The van der Waals surface area contributed by atoms with E-state index in [1.54, 1.807) is 0 Å². The smallest absolute Gasteiger partial charge is 0.0176 e. The van der Waals surface area contributed by atoms with E-state index in [1.807, 2.05) is 11.8 Å². The van der Waals surface area contributed by atoms with Crippen LogP contribution in [-0.2, 0) is 0 Å². The lowest BCUT2D eigenvalue weighted by Gasteiger charge is -2.24. The van der Waals surface area contributed by atoms with Gasteiger partial charge in [0.25, 0.3) is 0 Å². The Morgan fingerprint density at radius 2 is 1.85 bits per heavy atom. The van der Waals surface area contributed by atoms with Crippen LogP contribution in [0.4, 0.5) is 0 Å². The van der Waals surface area contributed by atoms with Gasteiger partial charge in [0.1, 0.15) is 0 Å². The normalized spacial score (nSPS) is 17.8. The highest BCUT2D eigenvalue weighted by Crippen LogP contribution is 2.19. The molecule has 1 aliphatic rings. The van der Waals surface area contributed by atoms with Crippen molar-refractivity contribution in [1.29, 1.82) is 0 Å². The minimum atomic E-state index is 0.565. The Morgan fingerprint density at radius 1 is 1.15 bits per heavy atom. The molecule has 0 aliphatic carbocycles. The molecule has 20 heavy (non-hydrogen) atoms. The largest absolute Gasteiger partial charge is 0.311 e. The standard InChI is InChI=1S/C17H28N2S/c1-15(2)18-16(10-13-19-11-6-7-12-19)14-20-17-8-4-3-5-9-17/h3-5,8-9,15-16,18H,6-7,10-14H2,1-2H3. The van der Waals surface area contributed by atoms with Gasteiger partial charge in [-0.05, 0) is 51.0 Å². The van der Waals surface area contributed by atoms with Gasteiger partial charge in [0, 0.05) is 22.7 Å². The zero-order valence-corrected chi connectivity index (χ0v) is 13.7. The third kappa shape index (κ3) is 5.86. The SMILES string of the molecule is CC(C)NC(CCN1CCCC1)CSc1ccccc1. The minimum absolute atomic E-state index is 0.565. The summed E-state index contributed by atoms with van der Waals surface area (Å²) < 4.78 is 0. The quantitative estimate of drug-likeness (QED) is 0.737. The summed E-state index contributed by atoms with van der Waals surface area (Å²) in [5.74, 6) is 1.16. The average Bonchev–Trinajstić information content (AvgIpc) is 2.96. The number of likely N-dealkylation sites (tertiary alicyclic amines) is 1. The molecule has 3 heteroatoms. The van der Waals surface area contributed by atoms with E-state index in [9.17, 15) is 0 Å². The number of thioether (sulfide) groups is 1. The lowest BCUT2D eigenvalue weighted by Crippen LogP contribution is -2.39. The summed E-state index contributed by atoms with van der Waals surface area (Å²) in [5.41, 5.74) is 0. The fourth-order valence-electron chi connectivity index (χ4n) is 2.74. The Morgan fingerprint density at radius 3 is 2.50 bits per heavy atom. The first kappa shape index (κ1) is 15.9. The molecule has 1 heterocycles. The van der Waals surface area contributed by atoms with Crippen LogP contribution in [0.1, 0.15) is 33.1 Å². The minimum Gasteiger partial charge on any atom is -0.311 e. The van der Waals surface area contributed by atoms with Gasteiger partial charge in [-0.15, -0.1) is 11.8 Å². The van der Waals surface area contributed by atoms with Crippen molar-refractivity contribution in [2.45, 2.75) is 50.1 Å². The molecule has 1 aromatic rings. The molecular formula is C17H28N2S. The van der Waals surface area contributed by atoms with Crippen LogP contribution in [-0.4, -0.2) is 42.4 Å². The molecule has 1 saturated heterocycles. The van der Waals surface area contributed by atoms with Crippen molar-refractivity contribution >= 4 is 11.8 Å². The van der Waals surface area contributed by atoms with E-state index < -0.39 is 0 Å². The van der Waals surface area contributed by atoms with Crippen LogP contribution in [0.3, 0.4) is 0 Å². The van der Waals surface area contributed by atoms with Crippen molar-refractivity contribution in [3.63, 3.8) is 0 Å². The summed E-state index contributed by atoms with van der Waals surface area (Å²) in [6, 6.07) is 11.9. The summed E-state index contributed by atoms with van der Waals surface area (Å²) in [6.07, 6.45) is 4.04. The lowest BCUT2D eigenvalue weighted by atomic mass is 10.2. The van der Waals surface area contributed by atoms with Crippen molar-refractivity contribution in [3.05, 3.63) is 30.3 Å². The van der Waals surface area contributed by atoms with Crippen LogP contribution in [0.15, 0.2) is 35.2 Å². The van der Waals surface area contributed by atoms with Crippen LogP contribution < -0.4 is 5.32 Å². The van der Waals surface area contributed by atoms with E-state index in [1.165, 1.54) is 43.8 Å². The number of rotatable bonds is 8. The average molecular weight is 292 g/mol. The molecule has 1 unspecified atom stereocenters. The molecule has 1 fully saturated rings. The summed E-state index contributed by atoms with van der Waals surface area (Å²) in [5, 5.41) is 3.73. The Hall–Kier alpha value is -0.510. The highest BCUT2D eigenvalue weighted by molar-refractivity contribution is 7.99. The van der Waals surface area contributed by atoms with E-state index in [0.717, 1.165) is 5.75 Å². The highest BCUT2D eigenvalue weighted by Gasteiger charge is 2.15. The second-order valence-corrected chi connectivity index (χ2v) is 7.07. The van der Waals surface area contributed by atoms with Gasteiger partial charge >= 0.3 is 0 Å². The Labute approximate surface area is 128 Å². The summed E-state index contributed by atoms with van der Waals surface area (Å²) >= 11 is 1.97. The van der Waals surface area contributed by atoms with Crippen molar-refractivity contribution in [2.75, 3.05) is 25.4 Å². The maximum absolute atomic E-state index is 3.73. The summed E-state index contributed by atoms with van der Waals surface area (Å²) in [4.78, 5) is 3.99. The predicted molar refractivity (Wildman–Crippen MR) is 89.5 cm³/mol. The lowest BCUT2D eigenvalue weighted by molar-refractivity contribution is 0.310. The number of benzene rings is 1. The molecule has 1 aromatic carbocycles. The molecule has 1 N–H and O–H groups in total. The van der Waals surface area contributed by atoms with Gasteiger partial charge in [0.15, 0.2) is 0 Å². The van der Waals surface area contributed by atoms with Crippen LogP contribution in [0.2, 0.25) is 0 Å². The topological polar surface area (TPSA) is 15.3 Å². The van der Waals surface area contributed by atoms with Gasteiger partial charge < -0.3 is 10.2 Å². The number of hydrogen-bond acceptors (Lipinski definition) is 3. The summed E-state index contributed by atoms with van der Waals surface area (Å²) in [6.45, 7) is 8.35. The van der Waals surface area contributed by atoms with Crippen molar-refractivity contribution in [2.24, 2.45) is 0 Å².